The molecule has 0 fully saturated rings. The Kier molecular flexibility index (Phi) is 4.27. The second-order valence-electron chi connectivity index (χ2n) is 4.49. The minimum absolute atomic E-state index is 0.191. The van der Waals surface area contributed by atoms with Gasteiger partial charge < -0.3 is 5.32 Å². The Morgan fingerprint density at radius 1 is 1.37 bits per heavy atom. The molecule has 1 atom stereocenters. The molecule has 1 unspecified atom stereocenters. The van der Waals surface area contributed by atoms with E-state index in [1.54, 1.807) is 10.9 Å². The van der Waals surface area contributed by atoms with E-state index in [9.17, 15) is 8.78 Å². The van der Waals surface area contributed by atoms with E-state index in [1.807, 2.05) is 20.0 Å². The zero-order chi connectivity index (χ0) is 13.8. The van der Waals surface area contributed by atoms with Gasteiger partial charge in [-0.3, -0.25) is 4.68 Å². The fourth-order valence-electron chi connectivity index (χ4n) is 1.95. The van der Waals surface area contributed by atoms with Crippen molar-refractivity contribution in [3.8, 4) is 0 Å². The van der Waals surface area contributed by atoms with Gasteiger partial charge in [-0.2, -0.15) is 5.10 Å². The van der Waals surface area contributed by atoms with Gasteiger partial charge >= 0.3 is 0 Å². The van der Waals surface area contributed by atoms with Gasteiger partial charge in [0, 0.05) is 23.4 Å². The first-order valence-corrected chi connectivity index (χ1v) is 6.29. The molecule has 1 N–H and O–H groups in total. The third kappa shape index (κ3) is 3.38. The van der Waals surface area contributed by atoms with E-state index < -0.39 is 11.6 Å². The Labute approximate surface area is 111 Å². The SMILES string of the molecule is CCNC(C)c1cnn(Cc2cc(F)ccc2F)c1. The fraction of sp³-hybridized carbons (Fsp3) is 0.357. The number of aromatic nitrogens is 2. The summed E-state index contributed by atoms with van der Waals surface area (Å²) in [7, 11) is 0. The van der Waals surface area contributed by atoms with Crippen molar-refractivity contribution < 1.29 is 8.78 Å². The summed E-state index contributed by atoms with van der Waals surface area (Å²) in [5, 5.41) is 7.45. The molecule has 19 heavy (non-hydrogen) atoms. The monoisotopic (exact) mass is 265 g/mol. The minimum atomic E-state index is -0.440. The number of rotatable bonds is 5. The van der Waals surface area contributed by atoms with E-state index in [0.717, 1.165) is 24.2 Å². The molecule has 2 aromatic rings. The quantitative estimate of drug-likeness (QED) is 0.901. The normalized spacial score (nSPS) is 12.6. The highest BCUT2D eigenvalue weighted by molar-refractivity contribution is 5.19. The average molecular weight is 265 g/mol. The average Bonchev–Trinajstić information content (AvgIpc) is 2.83. The van der Waals surface area contributed by atoms with Gasteiger partial charge in [0.05, 0.1) is 12.7 Å². The van der Waals surface area contributed by atoms with Crippen molar-refractivity contribution in [1.82, 2.24) is 15.1 Å². The van der Waals surface area contributed by atoms with Gasteiger partial charge in [0.25, 0.3) is 0 Å². The van der Waals surface area contributed by atoms with Crippen LogP contribution in [0, 0.1) is 11.6 Å². The van der Waals surface area contributed by atoms with Crippen molar-refractivity contribution >= 4 is 0 Å². The first-order chi connectivity index (χ1) is 9.10. The van der Waals surface area contributed by atoms with E-state index in [4.69, 9.17) is 0 Å². The molecule has 1 aromatic carbocycles. The molecule has 0 saturated carbocycles. The topological polar surface area (TPSA) is 29.9 Å². The maximum absolute atomic E-state index is 13.5. The summed E-state index contributed by atoms with van der Waals surface area (Å²) >= 11 is 0. The summed E-state index contributed by atoms with van der Waals surface area (Å²) < 4.78 is 28.2. The molecule has 0 radical (unpaired) electrons. The molecule has 0 amide bonds. The summed E-state index contributed by atoms with van der Waals surface area (Å²) in [5.74, 6) is -0.858. The molecular weight excluding hydrogens is 248 g/mol. The lowest BCUT2D eigenvalue weighted by atomic mass is 10.2. The van der Waals surface area contributed by atoms with Crippen molar-refractivity contribution in [3.05, 3.63) is 53.4 Å². The molecule has 102 valence electrons. The Bertz CT molecular complexity index is 551. The highest BCUT2D eigenvalue weighted by Gasteiger charge is 2.09. The molecule has 0 aliphatic carbocycles. The van der Waals surface area contributed by atoms with Crippen LogP contribution in [0.3, 0.4) is 0 Å². The van der Waals surface area contributed by atoms with E-state index in [0.29, 0.717) is 5.56 Å². The van der Waals surface area contributed by atoms with Crippen LogP contribution in [0.25, 0.3) is 0 Å². The lowest BCUT2D eigenvalue weighted by Gasteiger charge is -2.09. The predicted octanol–water partition coefficient (Wildman–Crippen LogP) is 2.88. The van der Waals surface area contributed by atoms with Crippen molar-refractivity contribution in [3.63, 3.8) is 0 Å². The van der Waals surface area contributed by atoms with Crippen LogP contribution in [0.2, 0.25) is 0 Å². The molecule has 2 rings (SSSR count). The van der Waals surface area contributed by atoms with Crippen LogP contribution < -0.4 is 5.32 Å². The molecule has 0 spiro atoms. The van der Waals surface area contributed by atoms with Gasteiger partial charge in [-0.15, -0.1) is 0 Å². The number of hydrogen-bond donors (Lipinski definition) is 1. The molecule has 0 aliphatic heterocycles. The summed E-state index contributed by atoms with van der Waals surface area (Å²) in [6.45, 7) is 5.16. The second-order valence-corrected chi connectivity index (χ2v) is 4.49. The van der Waals surface area contributed by atoms with E-state index >= 15 is 0 Å². The van der Waals surface area contributed by atoms with Crippen molar-refractivity contribution in [2.75, 3.05) is 6.54 Å². The molecule has 5 heteroatoms. The summed E-state index contributed by atoms with van der Waals surface area (Å²) in [4.78, 5) is 0. The Hall–Kier alpha value is -1.75. The maximum Gasteiger partial charge on any atom is 0.128 e. The standard InChI is InChI=1S/C14H17F2N3/c1-3-17-10(2)12-7-18-19(9-12)8-11-6-13(15)4-5-14(11)16/h4-7,9-10,17H,3,8H2,1-2H3. The molecule has 0 aliphatic rings. The highest BCUT2D eigenvalue weighted by Crippen LogP contribution is 2.14. The van der Waals surface area contributed by atoms with Crippen LogP contribution in [-0.4, -0.2) is 16.3 Å². The van der Waals surface area contributed by atoms with E-state index in [-0.39, 0.29) is 12.6 Å². The fourth-order valence-corrected chi connectivity index (χ4v) is 1.95. The third-order valence-electron chi connectivity index (χ3n) is 3.00. The van der Waals surface area contributed by atoms with Gasteiger partial charge in [0.1, 0.15) is 11.6 Å². The first kappa shape index (κ1) is 13.7. The lowest BCUT2D eigenvalue weighted by Crippen LogP contribution is -2.17. The van der Waals surface area contributed by atoms with Crippen LogP contribution in [0.4, 0.5) is 8.78 Å². The lowest BCUT2D eigenvalue weighted by molar-refractivity contribution is 0.565. The molecule has 3 nitrogen and oxygen atoms in total. The summed E-state index contributed by atoms with van der Waals surface area (Å²) in [5.41, 5.74) is 1.32. The van der Waals surface area contributed by atoms with Crippen LogP contribution >= 0.6 is 0 Å². The smallest absolute Gasteiger partial charge is 0.128 e. The van der Waals surface area contributed by atoms with Gasteiger partial charge in [-0.25, -0.2) is 8.78 Å². The van der Waals surface area contributed by atoms with Crippen LogP contribution in [-0.2, 0) is 6.54 Å². The van der Waals surface area contributed by atoms with Crippen LogP contribution in [0.1, 0.15) is 31.0 Å². The zero-order valence-electron chi connectivity index (χ0n) is 11.0. The van der Waals surface area contributed by atoms with Gasteiger partial charge in [-0.1, -0.05) is 6.92 Å². The van der Waals surface area contributed by atoms with Crippen LogP contribution in [0.5, 0.6) is 0 Å². The van der Waals surface area contributed by atoms with Gasteiger partial charge in [0.15, 0.2) is 0 Å². The predicted molar refractivity (Wildman–Crippen MR) is 69.8 cm³/mol. The third-order valence-corrected chi connectivity index (χ3v) is 3.00. The Morgan fingerprint density at radius 3 is 2.89 bits per heavy atom. The summed E-state index contributed by atoms with van der Waals surface area (Å²) in [6, 6.07) is 3.64. The van der Waals surface area contributed by atoms with E-state index in [2.05, 4.69) is 10.4 Å². The largest absolute Gasteiger partial charge is 0.310 e. The number of benzene rings is 1. The maximum atomic E-state index is 13.5. The Morgan fingerprint density at radius 2 is 2.16 bits per heavy atom. The second kappa shape index (κ2) is 5.93. The van der Waals surface area contributed by atoms with Gasteiger partial charge in [-0.05, 0) is 31.7 Å². The number of nitrogens with zero attached hydrogens (tertiary/aromatic N) is 2. The van der Waals surface area contributed by atoms with Crippen LogP contribution in [0.15, 0.2) is 30.6 Å². The first-order valence-electron chi connectivity index (χ1n) is 6.29. The number of halogens is 2. The highest BCUT2D eigenvalue weighted by atomic mass is 19.1. The minimum Gasteiger partial charge on any atom is -0.310 e. The molecule has 0 saturated heterocycles. The molecular formula is C14H17F2N3. The van der Waals surface area contributed by atoms with Crippen molar-refractivity contribution in [1.29, 1.82) is 0 Å². The van der Waals surface area contributed by atoms with E-state index in [1.165, 1.54) is 6.07 Å². The molecule has 1 aromatic heterocycles. The Balaban J connectivity index is 2.13. The summed E-state index contributed by atoms with van der Waals surface area (Å²) in [6.07, 6.45) is 3.59. The van der Waals surface area contributed by atoms with Crippen molar-refractivity contribution in [2.45, 2.75) is 26.4 Å². The number of hydrogen-bond acceptors (Lipinski definition) is 2. The van der Waals surface area contributed by atoms with Gasteiger partial charge in [0.2, 0.25) is 0 Å². The van der Waals surface area contributed by atoms with Crippen molar-refractivity contribution in [2.24, 2.45) is 0 Å². The zero-order valence-corrected chi connectivity index (χ0v) is 11.0. The molecule has 0 bridgehead atoms. The molecule has 1 heterocycles. The number of nitrogens with one attached hydrogen (secondary N) is 1.